The van der Waals surface area contributed by atoms with Crippen LogP contribution in [0.4, 0.5) is 0 Å². The molecule has 0 bridgehead atoms. The molecule has 1 heterocycles. The van der Waals surface area contributed by atoms with Gasteiger partial charge in [-0.05, 0) is 28.4 Å². The lowest BCUT2D eigenvalue weighted by Crippen LogP contribution is -2.21. The van der Waals surface area contributed by atoms with E-state index >= 15 is 0 Å². The first-order valence-electron chi connectivity index (χ1n) is 5.21. The zero-order valence-electron chi connectivity index (χ0n) is 9.02. The summed E-state index contributed by atoms with van der Waals surface area (Å²) in [5.41, 5.74) is 0. The number of carbonyl (C=O) groups is 1. The molecule has 2 unspecified atom stereocenters. The third kappa shape index (κ3) is 3.57. The van der Waals surface area contributed by atoms with Crippen LogP contribution >= 0.6 is 27.3 Å². The number of carboxylic acids is 1. The highest BCUT2D eigenvalue weighted by atomic mass is 79.9. The summed E-state index contributed by atoms with van der Waals surface area (Å²) in [6.45, 7) is 2.01. The highest BCUT2D eigenvalue weighted by molar-refractivity contribution is 9.10. The monoisotopic (exact) mass is 306 g/mol. The Balaban J connectivity index is 2.74. The van der Waals surface area contributed by atoms with Gasteiger partial charge in [0.15, 0.2) is 0 Å². The minimum Gasteiger partial charge on any atom is -0.481 e. The van der Waals surface area contributed by atoms with E-state index in [-0.39, 0.29) is 0 Å². The smallest absolute Gasteiger partial charge is 0.309 e. The zero-order chi connectivity index (χ0) is 12.1. The summed E-state index contributed by atoms with van der Waals surface area (Å²) in [7, 11) is 0. The Morgan fingerprint density at radius 2 is 2.31 bits per heavy atom. The number of unbranched alkanes of at least 4 members (excludes halogenated alkanes) is 1. The maximum atomic E-state index is 11.1. The van der Waals surface area contributed by atoms with Crippen LogP contribution < -0.4 is 0 Å². The Morgan fingerprint density at radius 3 is 2.75 bits per heavy atom. The first-order chi connectivity index (χ1) is 7.56. The summed E-state index contributed by atoms with van der Waals surface area (Å²) in [6.07, 6.45) is 1.37. The van der Waals surface area contributed by atoms with Crippen LogP contribution in [-0.2, 0) is 4.79 Å². The normalized spacial score (nSPS) is 14.7. The van der Waals surface area contributed by atoms with E-state index in [0.717, 1.165) is 17.3 Å². The molecule has 5 heteroatoms. The number of carboxylic acid groups (broad SMARTS) is 1. The summed E-state index contributed by atoms with van der Waals surface area (Å²) < 4.78 is 0.881. The summed E-state index contributed by atoms with van der Waals surface area (Å²) in [4.78, 5) is 11.8. The number of hydrogen-bond donors (Lipinski definition) is 2. The molecule has 16 heavy (non-hydrogen) atoms. The van der Waals surface area contributed by atoms with Crippen LogP contribution in [-0.4, -0.2) is 16.2 Å². The fourth-order valence-electron chi connectivity index (χ4n) is 1.52. The molecule has 2 N–H and O–H groups in total. The van der Waals surface area contributed by atoms with Crippen molar-refractivity contribution >= 4 is 33.2 Å². The van der Waals surface area contributed by atoms with Gasteiger partial charge in [0, 0.05) is 14.7 Å². The molecule has 1 aromatic heterocycles. The molecular weight excluding hydrogens is 292 g/mol. The molecule has 2 atom stereocenters. The lowest BCUT2D eigenvalue weighted by Gasteiger charge is -2.17. The van der Waals surface area contributed by atoms with E-state index in [0.29, 0.717) is 11.3 Å². The molecule has 0 aliphatic carbocycles. The second-order valence-electron chi connectivity index (χ2n) is 3.70. The summed E-state index contributed by atoms with van der Waals surface area (Å²) >= 11 is 4.67. The molecule has 0 saturated carbocycles. The van der Waals surface area contributed by atoms with E-state index in [2.05, 4.69) is 15.9 Å². The molecule has 0 saturated heterocycles. The van der Waals surface area contributed by atoms with Gasteiger partial charge in [0.2, 0.25) is 0 Å². The SMILES string of the molecule is CCCCC(C(=O)O)C(O)c1cc(Br)cs1. The van der Waals surface area contributed by atoms with E-state index in [1.165, 1.54) is 11.3 Å². The molecule has 0 radical (unpaired) electrons. The van der Waals surface area contributed by atoms with Gasteiger partial charge in [0.1, 0.15) is 6.10 Å². The molecule has 3 nitrogen and oxygen atoms in total. The summed E-state index contributed by atoms with van der Waals surface area (Å²) in [6, 6.07) is 1.78. The number of hydrogen-bond acceptors (Lipinski definition) is 3. The maximum absolute atomic E-state index is 11.1. The number of aliphatic carboxylic acids is 1. The molecule has 0 aromatic carbocycles. The van der Waals surface area contributed by atoms with E-state index in [9.17, 15) is 9.90 Å². The van der Waals surface area contributed by atoms with Crippen molar-refractivity contribution in [1.29, 1.82) is 0 Å². The van der Waals surface area contributed by atoms with Crippen molar-refractivity contribution in [2.75, 3.05) is 0 Å². The minimum atomic E-state index is -0.925. The minimum absolute atomic E-state index is 0.516. The number of thiophene rings is 1. The van der Waals surface area contributed by atoms with Gasteiger partial charge >= 0.3 is 5.97 Å². The molecule has 1 rings (SSSR count). The predicted octanol–water partition coefficient (Wildman–Crippen LogP) is 3.44. The highest BCUT2D eigenvalue weighted by Crippen LogP contribution is 2.32. The first kappa shape index (κ1) is 13.7. The van der Waals surface area contributed by atoms with Gasteiger partial charge in [-0.15, -0.1) is 11.3 Å². The first-order valence-corrected chi connectivity index (χ1v) is 6.88. The molecule has 0 amide bonds. The lowest BCUT2D eigenvalue weighted by molar-refractivity contribution is -0.146. The predicted molar refractivity (Wildman–Crippen MR) is 67.6 cm³/mol. The van der Waals surface area contributed by atoms with E-state index in [4.69, 9.17) is 5.11 Å². The van der Waals surface area contributed by atoms with Gasteiger partial charge in [0.25, 0.3) is 0 Å². The number of halogens is 1. The summed E-state index contributed by atoms with van der Waals surface area (Å²) in [5.74, 6) is -1.63. The Bertz CT molecular complexity index is 351. The molecule has 1 aromatic rings. The lowest BCUT2D eigenvalue weighted by atomic mass is 9.95. The van der Waals surface area contributed by atoms with E-state index < -0.39 is 18.0 Å². The average Bonchev–Trinajstić information content (AvgIpc) is 2.64. The largest absolute Gasteiger partial charge is 0.481 e. The maximum Gasteiger partial charge on any atom is 0.309 e. The fourth-order valence-corrected chi connectivity index (χ4v) is 3.02. The third-order valence-electron chi connectivity index (χ3n) is 2.45. The molecule has 90 valence electrons. The Morgan fingerprint density at radius 1 is 1.62 bits per heavy atom. The third-order valence-corrected chi connectivity index (χ3v) is 4.21. The highest BCUT2D eigenvalue weighted by Gasteiger charge is 2.28. The Labute approximate surface area is 107 Å². The molecule has 0 aliphatic rings. The number of aliphatic hydroxyl groups is 1. The van der Waals surface area contributed by atoms with Crippen molar-refractivity contribution in [2.45, 2.75) is 32.3 Å². The second kappa shape index (κ2) is 6.37. The van der Waals surface area contributed by atoms with Crippen LogP contribution in [0.2, 0.25) is 0 Å². The number of aliphatic hydroxyl groups excluding tert-OH is 1. The van der Waals surface area contributed by atoms with Crippen LogP contribution in [0.1, 0.15) is 37.2 Å². The van der Waals surface area contributed by atoms with Crippen LogP contribution in [0.25, 0.3) is 0 Å². The van der Waals surface area contributed by atoms with Gasteiger partial charge in [-0.1, -0.05) is 19.8 Å². The molecule has 0 aliphatic heterocycles. The molecule has 0 spiro atoms. The Kier molecular flexibility index (Phi) is 5.44. The van der Waals surface area contributed by atoms with Crippen molar-refractivity contribution in [3.63, 3.8) is 0 Å². The van der Waals surface area contributed by atoms with Crippen LogP contribution in [0.3, 0.4) is 0 Å². The Hall–Kier alpha value is -0.390. The average molecular weight is 307 g/mol. The van der Waals surface area contributed by atoms with Crippen LogP contribution in [0.5, 0.6) is 0 Å². The standard InChI is InChI=1S/C11H15BrO3S/c1-2-3-4-8(11(14)15)10(13)9-5-7(12)6-16-9/h5-6,8,10,13H,2-4H2,1H3,(H,14,15). The zero-order valence-corrected chi connectivity index (χ0v) is 11.4. The molecule has 0 fully saturated rings. The van der Waals surface area contributed by atoms with Crippen molar-refractivity contribution in [2.24, 2.45) is 5.92 Å². The van der Waals surface area contributed by atoms with Gasteiger partial charge < -0.3 is 10.2 Å². The molecular formula is C11H15BrO3S. The van der Waals surface area contributed by atoms with Crippen LogP contribution in [0, 0.1) is 5.92 Å². The van der Waals surface area contributed by atoms with Gasteiger partial charge in [-0.3, -0.25) is 4.79 Å². The quantitative estimate of drug-likeness (QED) is 0.846. The summed E-state index contributed by atoms with van der Waals surface area (Å²) in [5, 5.41) is 20.9. The van der Waals surface area contributed by atoms with Crippen molar-refractivity contribution in [3.05, 3.63) is 20.8 Å². The van der Waals surface area contributed by atoms with E-state index in [1.807, 2.05) is 12.3 Å². The van der Waals surface area contributed by atoms with Crippen molar-refractivity contribution < 1.29 is 15.0 Å². The second-order valence-corrected chi connectivity index (χ2v) is 5.56. The van der Waals surface area contributed by atoms with Gasteiger partial charge in [-0.2, -0.15) is 0 Å². The van der Waals surface area contributed by atoms with Crippen LogP contribution in [0.15, 0.2) is 15.9 Å². The fraction of sp³-hybridized carbons (Fsp3) is 0.545. The van der Waals surface area contributed by atoms with E-state index in [1.54, 1.807) is 6.07 Å². The van der Waals surface area contributed by atoms with Crippen molar-refractivity contribution in [1.82, 2.24) is 0 Å². The topological polar surface area (TPSA) is 57.5 Å². The van der Waals surface area contributed by atoms with Crippen molar-refractivity contribution in [3.8, 4) is 0 Å². The van der Waals surface area contributed by atoms with Gasteiger partial charge in [-0.25, -0.2) is 0 Å². The van der Waals surface area contributed by atoms with Gasteiger partial charge in [0.05, 0.1) is 5.92 Å². The number of rotatable bonds is 6.